The van der Waals surface area contributed by atoms with E-state index in [1.165, 1.54) is 32.1 Å². The highest BCUT2D eigenvalue weighted by Gasteiger charge is 2.30. The van der Waals surface area contributed by atoms with Crippen LogP contribution >= 0.6 is 0 Å². The highest BCUT2D eigenvalue weighted by Crippen LogP contribution is 2.34. The van der Waals surface area contributed by atoms with Crippen LogP contribution in [0.2, 0.25) is 0 Å². The van der Waals surface area contributed by atoms with E-state index >= 15 is 0 Å². The molecule has 0 unspecified atom stereocenters. The van der Waals surface area contributed by atoms with Gasteiger partial charge in [-0.2, -0.15) is 0 Å². The molecule has 1 aliphatic heterocycles. The molecule has 2 saturated carbocycles. The highest BCUT2D eigenvalue weighted by atomic mass is 16.2. The molecule has 7 nitrogen and oxygen atoms in total. The summed E-state index contributed by atoms with van der Waals surface area (Å²) in [4.78, 5) is 35.2. The van der Waals surface area contributed by atoms with Gasteiger partial charge in [-0.25, -0.2) is 0 Å². The molecule has 0 atom stereocenters. The number of piperazine rings is 1. The molecule has 3 aliphatic rings. The number of hydrogen-bond acceptors (Lipinski definition) is 4. The molecule has 0 spiro atoms. The predicted octanol–water partition coefficient (Wildman–Crippen LogP) is 5.36. The van der Waals surface area contributed by atoms with E-state index in [1.54, 1.807) is 6.20 Å². The summed E-state index contributed by atoms with van der Waals surface area (Å²) < 4.78 is 2.35. The van der Waals surface area contributed by atoms with Crippen LogP contribution in [0.3, 0.4) is 0 Å². The van der Waals surface area contributed by atoms with Gasteiger partial charge >= 0.3 is 0 Å². The van der Waals surface area contributed by atoms with Crippen LogP contribution in [0.25, 0.3) is 10.9 Å². The van der Waals surface area contributed by atoms with Crippen molar-refractivity contribution in [1.29, 1.82) is 0 Å². The number of carbonyl (C=O) groups is 2. The average molecular weight is 542 g/mol. The Morgan fingerprint density at radius 1 is 0.850 bits per heavy atom. The normalized spacial score (nSPS) is 22.9. The lowest BCUT2D eigenvalue weighted by atomic mass is 9.90. The largest absolute Gasteiger partial charge is 0.353 e. The number of carbonyl (C=O) groups excluding carboxylic acids is 2. The van der Waals surface area contributed by atoms with Gasteiger partial charge in [-0.1, -0.05) is 43.5 Å². The molecule has 1 aromatic carbocycles. The number of aromatic nitrogens is 2. The maximum absolute atomic E-state index is 13.8. The zero-order valence-corrected chi connectivity index (χ0v) is 23.6. The Morgan fingerprint density at radius 2 is 1.62 bits per heavy atom. The maximum atomic E-state index is 13.8. The number of aryl methyl sites for hydroxylation is 1. The van der Waals surface area contributed by atoms with Gasteiger partial charge < -0.3 is 14.8 Å². The van der Waals surface area contributed by atoms with Crippen LogP contribution in [0, 0.1) is 0 Å². The summed E-state index contributed by atoms with van der Waals surface area (Å²) in [7, 11) is 0. The van der Waals surface area contributed by atoms with Crippen molar-refractivity contribution in [2.45, 2.75) is 88.8 Å². The van der Waals surface area contributed by atoms with E-state index in [2.05, 4.69) is 49.1 Å². The van der Waals surface area contributed by atoms with Gasteiger partial charge in [-0.3, -0.25) is 19.5 Å². The molecule has 3 aromatic rings. The third-order valence-corrected chi connectivity index (χ3v) is 9.48. The van der Waals surface area contributed by atoms with Gasteiger partial charge in [0, 0.05) is 80.2 Å². The van der Waals surface area contributed by atoms with Gasteiger partial charge in [0.25, 0.3) is 5.91 Å². The Bertz CT molecular complexity index is 1280. The molecule has 1 N–H and O–H groups in total. The van der Waals surface area contributed by atoms with Crippen molar-refractivity contribution in [2.24, 2.45) is 0 Å². The van der Waals surface area contributed by atoms with E-state index in [1.807, 2.05) is 24.4 Å². The monoisotopic (exact) mass is 541 g/mol. The zero-order valence-electron chi connectivity index (χ0n) is 23.6. The van der Waals surface area contributed by atoms with Crippen LogP contribution in [0.1, 0.15) is 86.2 Å². The standard InChI is InChI=1S/C33H43N5O2/c39-32(17-12-25-7-6-18-34-23-25)35-26-13-15-28(16-14-26)38-24-30(29-10-4-5-11-31(29)38)33(40)37-21-19-36(20-22-37)27-8-2-1-3-9-27/h4-7,10-11,18,23-24,26-28H,1-3,8-9,12-17,19-22H2,(H,35,39). The summed E-state index contributed by atoms with van der Waals surface area (Å²) in [6.07, 6.45) is 17.6. The molecule has 2 aliphatic carbocycles. The molecule has 0 radical (unpaired) electrons. The van der Waals surface area contributed by atoms with Crippen molar-refractivity contribution < 1.29 is 9.59 Å². The predicted molar refractivity (Wildman–Crippen MR) is 158 cm³/mol. The molecular formula is C33H43N5O2. The van der Waals surface area contributed by atoms with Crippen molar-refractivity contribution in [1.82, 2.24) is 24.7 Å². The number of hydrogen-bond donors (Lipinski definition) is 1. The number of nitrogens with one attached hydrogen (secondary N) is 1. The molecule has 2 amide bonds. The lowest BCUT2D eigenvalue weighted by Gasteiger charge is -2.40. The van der Waals surface area contributed by atoms with E-state index in [9.17, 15) is 9.59 Å². The highest BCUT2D eigenvalue weighted by molar-refractivity contribution is 6.07. The number of pyridine rings is 1. The summed E-state index contributed by atoms with van der Waals surface area (Å²) in [5.41, 5.74) is 3.08. The fourth-order valence-electron chi connectivity index (χ4n) is 7.19. The van der Waals surface area contributed by atoms with E-state index < -0.39 is 0 Å². The third kappa shape index (κ3) is 6.09. The minimum Gasteiger partial charge on any atom is -0.353 e. The average Bonchev–Trinajstić information content (AvgIpc) is 3.41. The minimum absolute atomic E-state index is 0.121. The van der Waals surface area contributed by atoms with Gasteiger partial charge in [0.1, 0.15) is 0 Å². The van der Waals surface area contributed by atoms with Crippen LogP contribution in [-0.2, 0) is 11.2 Å². The van der Waals surface area contributed by atoms with Crippen molar-refractivity contribution in [3.63, 3.8) is 0 Å². The van der Waals surface area contributed by atoms with Crippen LogP contribution in [0.5, 0.6) is 0 Å². The van der Waals surface area contributed by atoms with Crippen LogP contribution in [-0.4, -0.2) is 69.4 Å². The minimum atomic E-state index is 0.121. The second-order valence-electron chi connectivity index (χ2n) is 12.0. The lowest BCUT2D eigenvalue weighted by molar-refractivity contribution is -0.122. The first kappa shape index (κ1) is 27.0. The van der Waals surface area contributed by atoms with Crippen LogP contribution in [0.4, 0.5) is 0 Å². The molecular weight excluding hydrogens is 498 g/mol. The fourth-order valence-corrected chi connectivity index (χ4v) is 7.19. The first-order valence-electron chi connectivity index (χ1n) is 15.5. The topological polar surface area (TPSA) is 70.5 Å². The van der Waals surface area contributed by atoms with E-state index in [4.69, 9.17) is 0 Å². The summed E-state index contributed by atoms with van der Waals surface area (Å²) >= 11 is 0. The summed E-state index contributed by atoms with van der Waals surface area (Å²) in [6, 6.07) is 13.6. The van der Waals surface area contributed by atoms with Gasteiger partial charge in [0.2, 0.25) is 5.91 Å². The number of para-hydroxylation sites is 1. The van der Waals surface area contributed by atoms with Gasteiger partial charge in [-0.05, 0) is 62.6 Å². The Morgan fingerprint density at radius 3 is 2.38 bits per heavy atom. The van der Waals surface area contributed by atoms with Gasteiger partial charge in [0.05, 0.1) is 5.56 Å². The van der Waals surface area contributed by atoms with E-state index in [0.29, 0.717) is 18.5 Å². The maximum Gasteiger partial charge on any atom is 0.256 e. The van der Waals surface area contributed by atoms with Crippen LogP contribution < -0.4 is 5.32 Å². The van der Waals surface area contributed by atoms with E-state index in [0.717, 1.165) is 80.3 Å². The van der Waals surface area contributed by atoms with Gasteiger partial charge in [-0.15, -0.1) is 0 Å². The Hall–Kier alpha value is -3.19. The van der Waals surface area contributed by atoms with Gasteiger partial charge in [0.15, 0.2) is 0 Å². The van der Waals surface area contributed by atoms with Crippen molar-refractivity contribution in [3.8, 4) is 0 Å². The Balaban J connectivity index is 1.06. The van der Waals surface area contributed by atoms with E-state index in [-0.39, 0.29) is 17.9 Å². The number of fused-ring (bicyclic) bond motifs is 1. The third-order valence-electron chi connectivity index (χ3n) is 9.48. The van der Waals surface area contributed by atoms with Crippen molar-refractivity contribution in [3.05, 3.63) is 66.1 Å². The van der Waals surface area contributed by atoms with Crippen LogP contribution in [0.15, 0.2) is 55.0 Å². The first-order valence-corrected chi connectivity index (χ1v) is 15.5. The number of rotatable bonds is 7. The molecule has 7 heteroatoms. The molecule has 2 aromatic heterocycles. The molecule has 6 rings (SSSR count). The molecule has 3 heterocycles. The number of amides is 2. The Kier molecular flexibility index (Phi) is 8.47. The molecule has 40 heavy (non-hydrogen) atoms. The molecule has 212 valence electrons. The molecule has 0 bridgehead atoms. The second kappa shape index (κ2) is 12.5. The summed E-state index contributed by atoms with van der Waals surface area (Å²) in [5, 5.41) is 4.32. The molecule has 1 saturated heterocycles. The van der Waals surface area contributed by atoms with Crippen molar-refractivity contribution in [2.75, 3.05) is 26.2 Å². The smallest absolute Gasteiger partial charge is 0.256 e. The fraction of sp³-hybridized carbons (Fsp3) is 0.545. The number of nitrogens with zero attached hydrogens (tertiary/aromatic N) is 4. The molecule has 3 fully saturated rings. The lowest BCUT2D eigenvalue weighted by Crippen LogP contribution is -2.52. The second-order valence-corrected chi connectivity index (χ2v) is 12.0. The zero-order chi connectivity index (χ0) is 27.3. The summed E-state index contributed by atoms with van der Waals surface area (Å²) in [5.74, 6) is 0.294. The summed E-state index contributed by atoms with van der Waals surface area (Å²) in [6.45, 7) is 3.63. The number of benzene rings is 1. The SMILES string of the molecule is O=C(CCc1cccnc1)NC1CCC(n2cc(C(=O)N3CCN(C4CCCCC4)CC3)c3ccccc32)CC1. The van der Waals surface area contributed by atoms with Crippen molar-refractivity contribution >= 4 is 22.7 Å². The first-order chi connectivity index (χ1) is 19.7. The Labute approximate surface area is 237 Å². The quantitative estimate of drug-likeness (QED) is 0.437.